The highest BCUT2D eigenvalue weighted by molar-refractivity contribution is 6.30. The van der Waals surface area contributed by atoms with Crippen LogP contribution >= 0.6 is 11.6 Å². The van der Waals surface area contributed by atoms with E-state index in [1.54, 1.807) is 0 Å². The quantitative estimate of drug-likeness (QED) is 0.879. The molecule has 2 rings (SSSR count). The first-order valence-electron chi connectivity index (χ1n) is 7.14. The summed E-state index contributed by atoms with van der Waals surface area (Å²) in [5.41, 5.74) is 0.333. The van der Waals surface area contributed by atoms with Crippen molar-refractivity contribution in [3.05, 3.63) is 34.9 Å². The second kappa shape index (κ2) is 7.21. The van der Waals surface area contributed by atoms with Crippen molar-refractivity contribution < 1.29 is 22.8 Å². The van der Waals surface area contributed by atoms with Crippen LogP contribution in [0.5, 0.6) is 0 Å². The van der Waals surface area contributed by atoms with E-state index in [9.17, 15) is 22.8 Å². The molecule has 126 valence electrons. The van der Waals surface area contributed by atoms with Crippen LogP contribution in [0.15, 0.2) is 24.3 Å². The summed E-state index contributed by atoms with van der Waals surface area (Å²) >= 11 is 5.74. The molecule has 2 atom stereocenters. The van der Waals surface area contributed by atoms with Crippen molar-refractivity contribution in [2.45, 2.75) is 31.5 Å². The third-order valence-corrected chi connectivity index (χ3v) is 3.91. The zero-order valence-electron chi connectivity index (χ0n) is 12.1. The van der Waals surface area contributed by atoms with Crippen LogP contribution in [0.2, 0.25) is 5.02 Å². The minimum atomic E-state index is -4.42. The molecule has 23 heavy (non-hydrogen) atoms. The summed E-state index contributed by atoms with van der Waals surface area (Å²) in [6.07, 6.45) is -5.06. The summed E-state index contributed by atoms with van der Waals surface area (Å²) in [7, 11) is 0. The molecule has 0 saturated carbocycles. The Morgan fingerprint density at radius 3 is 2.52 bits per heavy atom. The van der Waals surface area contributed by atoms with Gasteiger partial charge in [-0.05, 0) is 24.1 Å². The molecule has 0 spiro atoms. The first-order valence-corrected chi connectivity index (χ1v) is 7.51. The number of benzene rings is 1. The van der Waals surface area contributed by atoms with Gasteiger partial charge in [-0.3, -0.25) is 9.59 Å². The Labute approximate surface area is 136 Å². The summed E-state index contributed by atoms with van der Waals surface area (Å²) in [5, 5.41) is 5.39. The summed E-state index contributed by atoms with van der Waals surface area (Å²) < 4.78 is 38.3. The van der Waals surface area contributed by atoms with Crippen LogP contribution in [0.4, 0.5) is 13.2 Å². The van der Waals surface area contributed by atoms with Crippen molar-refractivity contribution >= 4 is 23.4 Å². The zero-order valence-corrected chi connectivity index (χ0v) is 12.9. The molecule has 0 radical (unpaired) electrons. The first kappa shape index (κ1) is 17.6. The van der Waals surface area contributed by atoms with Gasteiger partial charge >= 0.3 is 6.18 Å². The Hall–Kier alpha value is -1.76. The lowest BCUT2D eigenvalue weighted by Crippen LogP contribution is -2.44. The molecular formula is C15H16ClF3N2O2. The van der Waals surface area contributed by atoms with E-state index in [1.165, 1.54) is 24.3 Å². The largest absolute Gasteiger partial charge is 0.391 e. The molecule has 1 fully saturated rings. The van der Waals surface area contributed by atoms with Crippen LogP contribution < -0.4 is 10.6 Å². The minimum Gasteiger partial charge on any atom is -0.355 e. The van der Waals surface area contributed by atoms with Crippen molar-refractivity contribution in [3.8, 4) is 0 Å². The number of hydrogen-bond acceptors (Lipinski definition) is 2. The number of rotatable bonds is 4. The van der Waals surface area contributed by atoms with Gasteiger partial charge in [-0.25, -0.2) is 0 Å². The molecule has 1 aromatic carbocycles. The van der Waals surface area contributed by atoms with Gasteiger partial charge in [0.25, 0.3) is 0 Å². The van der Waals surface area contributed by atoms with E-state index in [0.29, 0.717) is 17.0 Å². The summed E-state index contributed by atoms with van der Waals surface area (Å²) in [6.45, 7) is 0.143. The number of alkyl halides is 3. The Balaban J connectivity index is 2.09. The van der Waals surface area contributed by atoms with Gasteiger partial charge < -0.3 is 10.6 Å². The standard InChI is InChI=1S/C15H16ClF3N2O2/c16-11-4-1-9(2-5-11)12(7-15(17,18)19)21-14(23)10-3-6-13(22)20-8-10/h1-2,4-5,10,12H,3,6-8H2,(H,20,22)(H,21,23). The SMILES string of the molecule is O=C1CCC(C(=O)NC(CC(F)(F)F)c2ccc(Cl)cc2)CN1. The lowest BCUT2D eigenvalue weighted by atomic mass is 9.96. The van der Waals surface area contributed by atoms with Crippen LogP contribution in [0.25, 0.3) is 0 Å². The third-order valence-electron chi connectivity index (χ3n) is 3.66. The zero-order chi connectivity index (χ0) is 17.0. The highest BCUT2D eigenvalue weighted by Crippen LogP contribution is 2.30. The molecule has 1 aromatic rings. The van der Waals surface area contributed by atoms with Crippen molar-refractivity contribution in [2.75, 3.05) is 6.54 Å². The molecule has 1 aliphatic heterocycles. The Morgan fingerprint density at radius 1 is 1.35 bits per heavy atom. The van der Waals surface area contributed by atoms with Crippen molar-refractivity contribution in [1.29, 1.82) is 0 Å². The molecule has 2 amide bonds. The average Bonchev–Trinajstić information content (AvgIpc) is 2.46. The van der Waals surface area contributed by atoms with Gasteiger partial charge in [0.15, 0.2) is 0 Å². The van der Waals surface area contributed by atoms with Crippen LogP contribution in [-0.2, 0) is 9.59 Å². The van der Waals surface area contributed by atoms with E-state index in [2.05, 4.69) is 10.6 Å². The maximum Gasteiger partial charge on any atom is 0.391 e. The van der Waals surface area contributed by atoms with Crippen molar-refractivity contribution in [3.63, 3.8) is 0 Å². The molecule has 1 aliphatic rings. The van der Waals surface area contributed by atoms with Crippen LogP contribution in [0.1, 0.15) is 30.9 Å². The third kappa shape index (κ3) is 5.42. The maximum absolute atomic E-state index is 12.8. The minimum absolute atomic E-state index is 0.143. The van der Waals surface area contributed by atoms with Gasteiger partial charge in [0.1, 0.15) is 0 Å². The fraction of sp³-hybridized carbons (Fsp3) is 0.467. The van der Waals surface area contributed by atoms with Gasteiger partial charge in [-0.2, -0.15) is 13.2 Å². The van der Waals surface area contributed by atoms with Crippen LogP contribution in [0.3, 0.4) is 0 Å². The topological polar surface area (TPSA) is 58.2 Å². The van der Waals surface area contributed by atoms with Crippen molar-refractivity contribution in [2.24, 2.45) is 5.92 Å². The van der Waals surface area contributed by atoms with E-state index in [4.69, 9.17) is 11.6 Å². The molecule has 1 heterocycles. The maximum atomic E-state index is 12.8. The Kier molecular flexibility index (Phi) is 5.51. The number of carbonyl (C=O) groups excluding carboxylic acids is 2. The molecule has 2 N–H and O–H groups in total. The predicted octanol–water partition coefficient (Wildman–Crippen LogP) is 2.98. The van der Waals surface area contributed by atoms with Crippen LogP contribution in [0, 0.1) is 5.92 Å². The monoisotopic (exact) mass is 348 g/mol. The van der Waals surface area contributed by atoms with Crippen LogP contribution in [-0.4, -0.2) is 24.5 Å². The molecule has 1 saturated heterocycles. The van der Waals surface area contributed by atoms with Gasteiger partial charge in [0.05, 0.1) is 18.4 Å². The van der Waals surface area contributed by atoms with E-state index >= 15 is 0 Å². The van der Waals surface area contributed by atoms with Crippen molar-refractivity contribution in [1.82, 2.24) is 10.6 Å². The molecule has 4 nitrogen and oxygen atoms in total. The summed E-state index contributed by atoms with van der Waals surface area (Å²) in [4.78, 5) is 23.3. The van der Waals surface area contributed by atoms with Gasteiger partial charge in [-0.1, -0.05) is 23.7 Å². The second-order valence-electron chi connectivity index (χ2n) is 5.47. The molecule has 0 aliphatic carbocycles. The van der Waals surface area contributed by atoms with E-state index in [0.717, 1.165) is 0 Å². The van der Waals surface area contributed by atoms with E-state index < -0.39 is 30.5 Å². The highest BCUT2D eigenvalue weighted by Gasteiger charge is 2.35. The number of hydrogen-bond donors (Lipinski definition) is 2. The predicted molar refractivity (Wildman–Crippen MR) is 78.7 cm³/mol. The fourth-order valence-electron chi connectivity index (χ4n) is 2.42. The lowest BCUT2D eigenvalue weighted by molar-refractivity contribution is -0.143. The number of piperidine rings is 1. The normalized spacial score (nSPS) is 19.8. The summed E-state index contributed by atoms with van der Waals surface area (Å²) in [6, 6.07) is 4.70. The number of carbonyl (C=O) groups is 2. The summed E-state index contributed by atoms with van der Waals surface area (Å²) in [5.74, 6) is -1.16. The highest BCUT2D eigenvalue weighted by atomic mass is 35.5. The van der Waals surface area contributed by atoms with E-state index in [1.807, 2.05) is 0 Å². The Bertz CT molecular complexity index is 565. The molecule has 2 unspecified atom stereocenters. The number of amides is 2. The second-order valence-corrected chi connectivity index (χ2v) is 5.91. The molecular weight excluding hydrogens is 333 g/mol. The lowest BCUT2D eigenvalue weighted by Gasteiger charge is -2.26. The van der Waals surface area contributed by atoms with Gasteiger partial charge in [0, 0.05) is 18.0 Å². The smallest absolute Gasteiger partial charge is 0.355 e. The van der Waals surface area contributed by atoms with Gasteiger partial charge in [-0.15, -0.1) is 0 Å². The van der Waals surface area contributed by atoms with Gasteiger partial charge in [0.2, 0.25) is 11.8 Å². The average molecular weight is 349 g/mol. The number of halogens is 4. The molecule has 0 bridgehead atoms. The Morgan fingerprint density at radius 2 is 2.00 bits per heavy atom. The fourth-order valence-corrected chi connectivity index (χ4v) is 2.55. The number of nitrogens with one attached hydrogen (secondary N) is 2. The molecule has 8 heteroatoms. The molecule has 0 aromatic heterocycles. The first-order chi connectivity index (χ1) is 10.7. The van der Waals surface area contributed by atoms with E-state index in [-0.39, 0.29) is 18.9 Å².